The van der Waals surface area contributed by atoms with Gasteiger partial charge in [-0.25, -0.2) is 4.68 Å². The maximum atomic E-state index is 12.6. The van der Waals surface area contributed by atoms with Crippen molar-refractivity contribution in [1.29, 1.82) is 0 Å². The SMILES string of the molecule is COc1ccc(C(=O)Nc2ccc(-n3nc(C)cc3-c3ccccc3)c([N+](=O)[O-])c2)cc1. The number of carbonyl (C=O) groups is 1. The molecule has 3 aromatic carbocycles. The van der Waals surface area contributed by atoms with E-state index < -0.39 is 4.92 Å². The van der Waals surface area contributed by atoms with Gasteiger partial charge in [0, 0.05) is 22.9 Å². The Labute approximate surface area is 184 Å². The quantitative estimate of drug-likeness (QED) is 0.343. The van der Waals surface area contributed by atoms with E-state index in [0.717, 1.165) is 17.0 Å². The fraction of sp³-hybridized carbons (Fsp3) is 0.0833. The lowest BCUT2D eigenvalue weighted by atomic mass is 10.1. The second kappa shape index (κ2) is 8.73. The molecular weight excluding hydrogens is 408 g/mol. The molecule has 0 radical (unpaired) electrons. The van der Waals surface area contributed by atoms with Crippen molar-refractivity contribution in [3.05, 3.63) is 100 Å². The predicted octanol–water partition coefficient (Wildman–Crippen LogP) is 5.02. The van der Waals surface area contributed by atoms with Crippen LogP contribution in [0.1, 0.15) is 16.1 Å². The summed E-state index contributed by atoms with van der Waals surface area (Å²) in [6.07, 6.45) is 0. The van der Waals surface area contributed by atoms with Crippen LogP contribution in [0.5, 0.6) is 5.75 Å². The summed E-state index contributed by atoms with van der Waals surface area (Å²) in [5.74, 6) is 0.250. The summed E-state index contributed by atoms with van der Waals surface area (Å²) in [6, 6.07) is 22.5. The number of carbonyl (C=O) groups excluding carboxylic acids is 1. The number of anilines is 1. The van der Waals surface area contributed by atoms with Crippen molar-refractivity contribution in [2.75, 3.05) is 12.4 Å². The number of amides is 1. The van der Waals surface area contributed by atoms with Crippen molar-refractivity contribution in [3.63, 3.8) is 0 Å². The molecule has 1 N–H and O–H groups in total. The van der Waals surface area contributed by atoms with E-state index in [-0.39, 0.29) is 11.6 Å². The monoisotopic (exact) mass is 428 g/mol. The predicted molar refractivity (Wildman–Crippen MR) is 121 cm³/mol. The van der Waals surface area contributed by atoms with Crippen LogP contribution in [0, 0.1) is 17.0 Å². The van der Waals surface area contributed by atoms with E-state index >= 15 is 0 Å². The van der Waals surface area contributed by atoms with E-state index in [1.54, 1.807) is 48.2 Å². The van der Waals surface area contributed by atoms with Gasteiger partial charge in [0.05, 0.1) is 23.4 Å². The molecule has 8 nitrogen and oxygen atoms in total. The van der Waals surface area contributed by atoms with Crippen LogP contribution in [-0.2, 0) is 0 Å². The number of ether oxygens (including phenoxy) is 1. The van der Waals surface area contributed by atoms with Gasteiger partial charge in [0.1, 0.15) is 11.4 Å². The third kappa shape index (κ3) is 4.20. The van der Waals surface area contributed by atoms with Gasteiger partial charge in [-0.15, -0.1) is 0 Å². The zero-order valence-electron chi connectivity index (χ0n) is 17.5. The molecular formula is C24H20N4O4. The minimum atomic E-state index is -0.482. The molecule has 32 heavy (non-hydrogen) atoms. The summed E-state index contributed by atoms with van der Waals surface area (Å²) in [5, 5.41) is 19.0. The van der Waals surface area contributed by atoms with Gasteiger partial charge < -0.3 is 10.1 Å². The molecule has 8 heteroatoms. The first-order valence-electron chi connectivity index (χ1n) is 9.82. The third-order valence-electron chi connectivity index (χ3n) is 4.91. The molecule has 160 valence electrons. The van der Waals surface area contributed by atoms with Crippen molar-refractivity contribution in [3.8, 4) is 22.7 Å². The molecule has 1 heterocycles. The highest BCUT2D eigenvalue weighted by Gasteiger charge is 2.21. The maximum absolute atomic E-state index is 12.6. The molecule has 4 rings (SSSR count). The molecule has 0 aliphatic carbocycles. The summed E-state index contributed by atoms with van der Waals surface area (Å²) in [6.45, 7) is 1.83. The second-order valence-corrected chi connectivity index (χ2v) is 7.09. The Balaban J connectivity index is 1.69. The number of hydrogen-bond acceptors (Lipinski definition) is 5. The molecule has 0 fully saturated rings. The number of aryl methyl sites for hydroxylation is 1. The van der Waals surface area contributed by atoms with E-state index in [1.165, 1.54) is 6.07 Å². The summed E-state index contributed by atoms with van der Waals surface area (Å²) >= 11 is 0. The van der Waals surface area contributed by atoms with Crippen LogP contribution < -0.4 is 10.1 Å². The van der Waals surface area contributed by atoms with Gasteiger partial charge in [-0.1, -0.05) is 30.3 Å². The summed E-state index contributed by atoms with van der Waals surface area (Å²) in [7, 11) is 1.54. The molecule has 0 saturated heterocycles. The van der Waals surface area contributed by atoms with Crippen molar-refractivity contribution < 1.29 is 14.5 Å². The van der Waals surface area contributed by atoms with Crippen LogP contribution in [0.3, 0.4) is 0 Å². The zero-order chi connectivity index (χ0) is 22.7. The van der Waals surface area contributed by atoms with E-state index in [0.29, 0.717) is 22.7 Å². The molecule has 0 aliphatic rings. The van der Waals surface area contributed by atoms with Crippen molar-refractivity contribution >= 4 is 17.3 Å². The van der Waals surface area contributed by atoms with Gasteiger partial charge in [-0.05, 0) is 49.4 Å². The number of rotatable bonds is 6. The van der Waals surface area contributed by atoms with Gasteiger partial charge in [-0.2, -0.15) is 5.10 Å². The van der Waals surface area contributed by atoms with Crippen LogP contribution in [0.15, 0.2) is 78.9 Å². The fourth-order valence-electron chi connectivity index (χ4n) is 3.37. The minimum absolute atomic E-state index is 0.169. The number of hydrogen-bond donors (Lipinski definition) is 1. The molecule has 1 amide bonds. The van der Waals surface area contributed by atoms with E-state index in [2.05, 4.69) is 10.4 Å². The Morgan fingerprint density at radius 2 is 1.75 bits per heavy atom. The molecule has 0 saturated carbocycles. The number of benzene rings is 3. The summed E-state index contributed by atoms with van der Waals surface area (Å²) in [5.41, 5.74) is 3.22. The lowest BCUT2D eigenvalue weighted by molar-refractivity contribution is -0.384. The highest BCUT2D eigenvalue weighted by molar-refractivity contribution is 6.04. The van der Waals surface area contributed by atoms with Crippen molar-refractivity contribution in [2.24, 2.45) is 0 Å². The van der Waals surface area contributed by atoms with Crippen LogP contribution >= 0.6 is 0 Å². The lowest BCUT2D eigenvalue weighted by Crippen LogP contribution is -2.12. The first-order chi connectivity index (χ1) is 15.5. The summed E-state index contributed by atoms with van der Waals surface area (Å²) < 4.78 is 6.65. The van der Waals surface area contributed by atoms with Gasteiger partial charge >= 0.3 is 0 Å². The van der Waals surface area contributed by atoms with Crippen LogP contribution in [0.4, 0.5) is 11.4 Å². The Kier molecular flexibility index (Phi) is 5.67. The Morgan fingerprint density at radius 3 is 2.41 bits per heavy atom. The molecule has 0 aliphatic heterocycles. The fourth-order valence-corrected chi connectivity index (χ4v) is 3.37. The number of nitro benzene ring substituents is 1. The number of nitro groups is 1. The highest BCUT2D eigenvalue weighted by Crippen LogP contribution is 2.31. The zero-order valence-corrected chi connectivity index (χ0v) is 17.5. The third-order valence-corrected chi connectivity index (χ3v) is 4.91. The lowest BCUT2D eigenvalue weighted by Gasteiger charge is -2.11. The van der Waals surface area contributed by atoms with Gasteiger partial charge in [-0.3, -0.25) is 14.9 Å². The first kappa shape index (κ1) is 20.8. The average molecular weight is 428 g/mol. The largest absolute Gasteiger partial charge is 0.497 e. The van der Waals surface area contributed by atoms with Crippen LogP contribution in [0.2, 0.25) is 0 Å². The van der Waals surface area contributed by atoms with Crippen LogP contribution in [-0.4, -0.2) is 27.7 Å². The van der Waals surface area contributed by atoms with E-state index in [1.807, 2.05) is 43.3 Å². The Morgan fingerprint density at radius 1 is 1.03 bits per heavy atom. The standard InChI is InChI=1S/C24H20N4O4/c1-16-14-22(17-6-4-3-5-7-17)27(26-16)21-13-10-19(15-23(21)28(30)31)25-24(29)18-8-11-20(32-2)12-9-18/h3-15H,1-2H3,(H,25,29). The second-order valence-electron chi connectivity index (χ2n) is 7.09. The van der Waals surface area contributed by atoms with Crippen LogP contribution in [0.25, 0.3) is 16.9 Å². The van der Waals surface area contributed by atoms with E-state index in [9.17, 15) is 14.9 Å². The molecule has 4 aromatic rings. The normalized spacial score (nSPS) is 10.6. The topological polar surface area (TPSA) is 99.3 Å². The maximum Gasteiger partial charge on any atom is 0.296 e. The van der Waals surface area contributed by atoms with E-state index in [4.69, 9.17) is 4.74 Å². The average Bonchev–Trinajstić information content (AvgIpc) is 3.21. The molecule has 0 spiro atoms. The molecule has 0 unspecified atom stereocenters. The Bertz CT molecular complexity index is 1280. The Hall–Kier alpha value is -4.46. The molecule has 0 atom stereocenters. The van der Waals surface area contributed by atoms with Gasteiger partial charge in [0.15, 0.2) is 0 Å². The number of nitrogens with one attached hydrogen (secondary N) is 1. The number of aromatic nitrogens is 2. The smallest absolute Gasteiger partial charge is 0.296 e. The van der Waals surface area contributed by atoms with Crippen molar-refractivity contribution in [2.45, 2.75) is 6.92 Å². The highest BCUT2D eigenvalue weighted by atomic mass is 16.6. The molecule has 1 aromatic heterocycles. The first-order valence-corrected chi connectivity index (χ1v) is 9.82. The molecule has 0 bridgehead atoms. The number of methoxy groups -OCH3 is 1. The summed E-state index contributed by atoms with van der Waals surface area (Å²) in [4.78, 5) is 23.9. The van der Waals surface area contributed by atoms with Gasteiger partial charge in [0.25, 0.3) is 11.6 Å². The number of nitrogens with zero attached hydrogens (tertiary/aromatic N) is 3. The van der Waals surface area contributed by atoms with Gasteiger partial charge in [0.2, 0.25) is 0 Å². The van der Waals surface area contributed by atoms with Crippen molar-refractivity contribution in [1.82, 2.24) is 9.78 Å². The minimum Gasteiger partial charge on any atom is -0.497 e.